The van der Waals surface area contributed by atoms with E-state index in [0.29, 0.717) is 5.92 Å². The molecular weight excluding hydrogens is 184 g/mol. The number of nitrogens with two attached hydrogens (primary N) is 2. The molecule has 1 aromatic carbocycles. The van der Waals surface area contributed by atoms with Gasteiger partial charge in [-0.05, 0) is 37.3 Å². The normalized spacial score (nSPS) is 14.9. The van der Waals surface area contributed by atoms with E-state index < -0.39 is 0 Å². The number of hydrogen-bond donors (Lipinski definition) is 2. The lowest BCUT2D eigenvalue weighted by molar-refractivity contribution is 0.415. The third kappa shape index (κ3) is 4.45. The van der Waals surface area contributed by atoms with Crippen LogP contribution < -0.4 is 11.5 Å². The first-order valence-electron chi connectivity index (χ1n) is 5.73. The van der Waals surface area contributed by atoms with E-state index in [1.54, 1.807) is 0 Å². The lowest BCUT2D eigenvalue weighted by Gasteiger charge is -2.19. The molecule has 0 saturated heterocycles. The SMILES string of the molecule is CC(CCCN)C(N)Cc1ccccc1. The maximum atomic E-state index is 6.15. The lowest BCUT2D eigenvalue weighted by atomic mass is 9.92. The summed E-state index contributed by atoms with van der Waals surface area (Å²) >= 11 is 0. The Morgan fingerprint density at radius 1 is 1.20 bits per heavy atom. The standard InChI is InChI=1S/C13H22N2/c1-11(6-5-9-14)13(15)10-12-7-3-2-4-8-12/h2-4,7-8,11,13H,5-6,9-10,14-15H2,1H3. The molecule has 0 aliphatic carbocycles. The Morgan fingerprint density at radius 2 is 1.87 bits per heavy atom. The molecule has 0 amide bonds. The van der Waals surface area contributed by atoms with Crippen molar-refractivity contribution in [3.8, 4) is 0 Å². The Hall–Kier alpha value is -0.860. The Kier molecular flexibility index (Phi) is 5.37. The van der Waals surface area contributed by atoms with Crippen molar-refractivity contribution >= 4 is 0 Å². The molecule has 0 heterocycles. The maximum Gasteiger partial charge on any atom is 0.0105 e. The summed E-state index contributed by atoms with van der Waals surface area (Å²) in [7, 11) is 0. The maximum absolute atomic E-state index is 6.15. The Balaban J connectivity index is 2.38. The fourth-order valence-corrected chi connectivity index (χ4v) is 1.74. The van der Waals surface area contributed by atoms with Crippen LogP contribution in [0.15, 0.2) is 30.3 Å². The van der Waals surface area contributed by atoms with Crippen molar-refractivity contribution in [2.75, 3.05) is 6.54 Å². The summed E-state index contributed by atoms with van der Waals surface area (Å²) in [5, 5.41) is 0. The second-order valence-electron chi connectivity index (χ2n) is 4.26. The summed E-state index contributed by atoms with van der Waals surface area (Å²) in [6, 6.07) is 10.7. The van der Waals surface area contributed by atoms with Crippen LogP contribution >= 0.6 is 0 Å². The van der Waals surface area contributed by atoms with Crippen molar-refractivity contribution < 1.29 is 0 Å². The van der Waals surface area contributed by atoms with Crippen LogP contribution in [-0.2, 0) is 6.42 Å². The first kappa shape index (κ1) is 12.2. The van der Waals surface area contributed by atoms with Crippen LogP contribution in [0.5, 0.6) is 0 Å². The molecule has 4 N–H and O–H groups in total. The van der Waals surface area contributed by atoms with Gasteiger partial charge in [-0.3, -0.25) is 0 Å². The average molecular weight is 206 g/mol. The van der Waals surface area contributed by atoms with Crippen LogP contribution in [0.3, 0.4) is 0 Å². The first-order valence-corrected chi connectivity index (χ1v) is 5.73. The summed E-state index contributed by atoms with van der Waals surface area (Å²) in [4.78, 5) is 0. The molecule has 2 nitrogen and oxygen atoms in total. The van der Waals surface area contributed by atoms with Crippen LogP contribution in [0, 0.1) is 5.92 Å². The fraction of sp³-hybridized carbons (Fsp3) is 0.538. The minimum atomic E-state index is 0.249. The number of benzene rings is 1. The summed E-state index contributed by atoms with van der Waals surface area (Å²) < 4.78 is 0. The summed E-state index contributed by atoms with van der Waals surface area (Å²) in [5.74, 6) is 0.550. The van der Waals surface area contributed by atoms with Gasteiger partial charge in [0.1, 0.15) is 0 Å². The van der Waals surface area contributed by atoms with Gasteiger partial charge in [-0.15, -0.1) is 0 Å². The highest BCUT2D eigenvalue weighted by atomic mass is 14.6. The topological polar surface area (TPSA) is 52.0 Å². The molecule has 0 spiro atoms. The predicted molar refractivity (Wildman–Crippen MR) is 65.6 cm³/mol. The van der Waals surface area contributed by atoms with Crippen molar-refractivity contribution in [1.82, 2.24) is 0 Å². The van der Waals surface area contributed by atoms with Gasteiger partial charge in [-0.2, -0.15) is 0 Å². The number of rotatable bonds is 6. The highest BCUT2D eigenvalue weighted by Gasteiger charge is 2.12. The van der Waals surface area contributed by atoms with E-state index in [-0.39, 0.29) is 6.04 Å². The Bertz CT molecular complexity index is 258. The first-order chi connectivity index (χ1) is 7.24. The smallest absolute Gasteiger partial charge is 0.0105 e. The molecule has 0 saturated carbocycles. The lowest BCUT2D eigenvalue weighted by Crippen LogP contribution is -2.30. The van der Waals surface area contributed by atoms with Gasteiger partial charge in [0.2, 0.25) is 0 Å². The molecule has 0 bridgehead atoms. The monoisotopic (exact) mass is 206 g/mol. The van der Waals surface area contributed by atoms with Gasteiger partial charge in [0.25, 0.3) is 0 Å². The van der Waals surface area contributed by atoms with E-state index in [1.807, 2.05) is 6.07 Å². The Labute approximate surface area is 92.7 Å². The third-order valence-electron chi connectivity index (χ3n) is 2.91. The molecule has 84 valence electrons. The molecule has 0 aromatic heterocycles. The van der Waals surface area contributed by atoms with E-state index in [1.165, 1.54) is 5.56 Å². The van der Waals surface area contributed by atoms with Crippen molar-refractivity contribution in [1.29, 1.82) is 0 Å². The summed E-state index contributed by atoms with van der Waals surface area (Å²) in [6.45, 7) is 2.98. The second kappa shape index (κ2) is 6.59. The van der Waals surface area contributed by atoms with Gasteiger partial charge in [-0.1, -0.05) is 37.3 Å². The van der Waals surface area contributed by atoms with E-state index >= 15 is 0 Å². The van der Waals surface area contributed by atoms with Gasteiger partial charge in [0, 0.05) is 6.04 Å². The van der Waals surface area contributed by atoms with Crippen molar-refractivity contribution in [3.63, 3.8) is 0 Å². The second-order valence-corrected chi connectivity index (χ2v) is 4.26. The van der Waals surface area contributed by atoms with Crippen LogP contribution in [0.4, 0.5) is 0 Å². The highest BCUT2D eigenvalue weighted by molar-refractivity contribution is 5.15. The van der Waals surface area contributed by atoms with Gasteiger partial charge >= 0.3 is 0 Å². The van der Waals surface area contributed by atoms with Crippen LogP contribution in [0.2, 0.25) is 0 Å². The van der Waals surface area contributed by atoms with Crippen molar-refractivity contribution in [3.05, 3.63) is 35.9 Å². The van der Waals surface area contributed by atoms with E-state index in [4.69, 9.17) is 11.5 Å². The molecule has 0 fully saturated rings. The summed E-state index contributed by atoms with van der Waals surface area (Å²) in [5.41, 5.74) is 13.0. The van der Waals surface area contributed by atoms with Crippen LogP contribution in [-0.4, -0.2) is 12.6 Å². The molecule has 1 rings (SSSR count). The third-order valence-corrected chi connectivity index (χ3v) is 2.91. The van der Waals surface area contributed by atoms with E-state index in [2.05, 4.69) is 31.2 Å². The molecule has 2 atom stereocenters. The molecule has 2 unspecified atom stereocenters. The van der Waals surface area contributed by atoms with Gasteiger partial charge in [0.15, 0.2) is 0 Å². The minimum absolute atomic E-state index is 0.249. The van der Waals surface area contributed by atoms with E-state index in [0.717, 1.165) is 25.8 Å². The van der Waals surface area contributed by atoms with E-state index in [9.17, 15) is 0 Å². The zero-order valence-corrected chi connectivity index (χ0v) is 9.52. The molecule has 2 heteroatoms. The molecule has 1 aromatic rings. The molecular formula is C13H22N2. The van der Waals surface area contributed by atoms with Crippen molar-refractivity contribution in [2.45, 2.75) is 32.2 Å². The number of hydrogen-bond acceptors (Lipinski definition) is 2. The summed E-state index contributed by atoms with van der Waals surface area (Å²) in [6.07, 6.45) is 3.17. The Morgan fingerprint density at radius 3 is 2.47 bits per heavy atom. The van der Waals surface area contributed by atoms with Crippen LogP contribution in [0.25, 0.3) is 0 Å². The fourth-order valence-electron chi connectivity index (χ4n) is 1.74. The average Bonchev–Trinajstić information content (AvgIpc) is 2.27. The largest absolute Gasteiger partial charge is 0.330 e. The molecule has 0 aliphatic rings. The van der Waals surface area contributed by atoms with Gasteiger partial charge < -0.3 is 11.5 Å². The highest BCUT2D eigenvalue weighted by Crippen LogP contribution is 2.13. The predicted octanol–water partition coefficient (Wildman–Crippen LogP) is 1.93. The van der Waals surface area contributed by atoms with Gasteiger partial charge in [0.05, 0.1) is 0 Å². The van der Waals surface area contributed by atoms with Crippen LogP contribution in [0.1, 0.15) is 25.3 Å². The minimum Gasteiger partial charge on any atom is -0.330 e. The molecule has 0 aliphatic heterocycles. The molecule has 0 radical (unpaired) electrons. The quantitative estimate of drug-likeness (QED) is 0.747. The van der Waals surface area contributed by atoms with Crippen molar-refractivity contribution in [2.24, 2.45) is 17.4 Å². The molecule has 15 heavy (non-hydrogen) atoms. The van der Waals surface area contributed by atoms with Gasteiger partial charge in [-0.25, -0.2) is 0 Å². The zero-order valence-electron chi connectivity index (χ0n) is 9.52. The zero-order chi connectivity index (χ0) is 11.1.